The summed E-state index contributed by atoms with van der Waals surface area (Å²) >= 11 is 4.00. The summed E-state index contributed by atoms with van der Waals surface area (Å²) in [7, 11) is 0. The van der Waals surface area contributed by atoms with Crippen molar-refractivity contribution in [3.05, 3.63) is 17.5 Å². The topological polar surface area (TPSA) is 87.2 Å². The quantitative estimate of drug-likeness (QED) is 0.576. The molecule has 0 unspecified atom stereocenters. The number of anilines is 2. The molecule has 2 heterocycles. The second-order valence-corrected chi connectivity index (χ2v) is 7.43. The molecule has 7 nitrogen and oxygen atoms in total. The molecule has 0 aliphatic carbocycles. The molecule has 3 amide bonds. The minimum atomic E-state index is -0.362. The van der Waals surface area contributed by atoms with E-state index < -0.39 is 0 Å². The van der Waals surface area contributed by atoms with Gasteiger partial charge in [-0.3, -0.25) is 15.4 Å². The van der Waals surface area contributed by atoms with Gasteiger partial charge in [-0.2, -0.15) is 0 Å². The lowest BCUT2D eigenvalue weighted by molar-refractivity contribution is -0.127. The number of carbonyl (C=O) groups excluding carboxylic acids is 2. The Morgan fingerprint density at radius 3 is 2.70 bits per heavy atom. The second-order valence-electron chi connectivity index (χ2n) is 4.28. The fourth-order valence-electron chi connectivity index (χ4n) is 1.70. The summed E-state index contributed by atoms with van der Waals surface area (Å²) in [5.41, 5.74) is 0. The van der Waals surface area contributed by atoms with Crippen LogP contribution in [0.15, 0.2) is 21.9 Å². The number of thiophene rings is 1. The van der Waals surface area contributed by atoms with Gasteiger partial charge in [-0.15, -0.1) is 21.5 Å². The maximum Gasteiger partial charge on any atom is 0.326 e. The molecule has 0 saturated carbocycles. The lowest BCUT2D eigenvalue weighted by atomic mass is 10.5. The van der Waals surface area contributed by atoms with Gasteiger partial charge in [0.15, 0.2) is 4.34 Å². The zero-order valence-corrected chi connectivity index (χ0v) is 15.2. The summed E-state index contributed by atoms with van der Waals surface area (Å²) in [5, 5.41) is 16.2. The first-order valence-electron chi connectivity index (χ1n) is 6.98. The van der Waals surface area contributed by atoms with Crippen molar-refractivity contribution in [1.29, 1.82) is 0 Å². The van der Waals surface area contributed by atoms with Crippen LogP contribution in [0.4, 0.5) is 14.9 Å². The van der Waals surface area contributed by atoms with Crippen LogP contribution in [0.1, 0.15) is 13.8 Å². The van der Waals surface area contributed by atoms with Crippen molar-refractivity contribution in [2.45, 2.75) is 18.2 Å². The van der Waals surface area contributed by atoms with E-state index >= 15 is 0 Å². The molecule has 2 N–H and O–H groups in total. The number of amides is 3. The van der Waals surface area contributed by atoms with Crippen LogP contribution in [-0.2, 0) is 4.79 Å². The van der Waals surface area contributed by atoms with Gasteiger partial charge < -0.3 is 4.90 Å². The van der Waals surface area contributed by atoms with Gasteiger partial charge in [-0.05, 0) is 31.4 Å². The molecule has 0 spiro atoms. The average molecular weight is 372 g/mol. The zero-order chi connectivity index (χ0) is 16.7. The van der Waals surface area contributed by atoms with Crippen molar-refractivity contribution < 1.29 is 9.59 Å². The number of thioether (sulfide) groups is 1. The van der Waals surface area contributed by atoms with Gasteiger partial charge in [0.25, 0.3) is 0 Å². The normalized spacial score (nSPS) is 10.3. The van der Waals surface area contributed by atoms with Crippen LogP contribution in [0, 0.1) is 0 Å². The van der Waals surface area contributed by atoms with Crippen LogP contribution in [0.5, 0.6) is 0 Å². The zero-order valence-electron chi connectivity index (χ0n) is 12.7. The van der Waals surface area contributed by atoms with Crippen molar-refractivity contribution in [3.63, 3.8) is 0 Å². The lowest BCUT2D eigenvalue weighted by Gasteiger charge is -2.17. The first kappa shape index (κ1) is 17.7. The van der Waals surface area contributed by atoms with Crippen LogP contribution in [0.25, 0.3) is 0 Å². The smallest absolute Gasteiger partial charge is 0.326 e. The Hall–Kier alpha value is -1.65. The van der Waals surface area contributed by atoms with Gasteiger partial charge in [0.2, 0.25) is 11.0 Å². The van der Waals surface area contributed by atoms with E-state index in [1.165, 1.54) is 34.4 Å². The Morgan fingerprint density at radius 1 is 1.26 bits per heavy atom. The minimum Gasteiger partial charge on any atom is -0.343 e. The Bertz CT molecular complexity index is 640. The van der Waals surface area contributed by atoms with Gasteiger partial charge in [0, 0.05) is 13.1 Å². The van der Waals surface area contributed by atoms with E-state index in [0.717, 1.165) is 5.00 Å². The number of rotatable bonds is 7. The van der Waals surface area contributed by atoms with Crippen LogP contribution in [-0.4, -0.2) is 45.9 Å². The molecular weight excluding hydrogens is 354 g/mol. The van der Waals surface area contributed by atoms with Crippen molar-refractivity contribution in [2.75, 3.05) is 29.5 Å². The van der Waals surface area contributed by atoms with Crippen LogP contribution in [0.3, 0.4) is 0 Å². The third kappa shape index (κ3) is 5.48. The molecule has 0 radical (unpaired) electrons. The SMILES string of the molecule is CCN(CC)C(=O)CSc1nnc(NC(=O)Nc2cccs2)s1. The van der Waals surface area contributed by atoms with E-state index in [1.807, 2.05) is 31.4 Å². The third-order valence-electron chi connectivity index (χ3n) is 2.82. The highest BCUT2D eigenvalue weighted by molar-refractivity contribution is 8.01. The van der Waals surface area contributed by atoms with E-state index in [2.05, 4.69) is 20.8 Å². The van der Waals surface area contributed by atoms with Gasteiger partial charge in [0.05, 0.1) is 10.8 Å². The molecule has 0 bridgehead atoms. The summed E-state index contributed by atoms with van der Waals surface area (Å²) in [5.74, 6) is 0.387. The highest BCUT2D eigenvalue weighted by Crippen LogP contribution is 2.26. The largest absolute Gasteiger partial charge is 0.343 e. The fourth-order valence-corrected chi connectivity index (χ4v) is 3.96. The Balaban J connectivity index is 1.81. The number of nitrogens with zero attached hydrogens (tertiary/aromatic N) is 3. The molecular formula is C13H17N5O2S3. The molecule has 10 heteroatoms. The number of hydrogen-bond donors (Lipinski definition) is 2. The van der Waals surface area contributed by atoms with E-state index in [1.54, 1.807) is 4.90 Å². The molecule has 0 aliphatic rings. The first-order valence-corrected chi connectivity index (χ1v) is 9.66. The van der Waals surface area contributed by atoms with Crippen LogP contribution >= 0.6 is 34.4 Å². The summed E-state index contributed by atoms with van der Waals surface area (Å²) in [6.07, 6.45) is 0. The molecule has 0 fully saturated rings. The van der Waals surface area contributed by atoms with Gasteiger partial charge in [-0.1, -0.05) is 23.1 Å². The summed E-state index contributed by atoms with van der Waals surface area (Å²) in [4.78, 5) is 25.5. The van der Waals surface area contributed by atoms with Gasteiger partial charge in [-0.25, -0.2) is 4.79 Å². The lowest BCUT2D eigenvalue weighted by Crippen LogP contribution is -2.31. The predicted octanol–water partition coefficient (Wildman–Crippen LogP) is 3.20. The number of carbonyl (C=O) groups is 2. The Kier molecular flexibility index (Phi) is 6.81. The molecule has 2 aromatic heterocycles. The van der Waals surface area contributed by atoms with Gasteiger partial charge in [0.1, 0.15) is 0 Å². The van der Waals surface area contributed by atoms with Crippen molar-refractivity contribution in [2.24, 2.45) is 0 Å². The molecule has 2 rings (SSSR count). The Labute approximate surface area is 146 Å². The third-order valence-corrected chi connectivity index (χ3v) is 5.56. The highest BCUT2D eigenvalue weighted by atomic mass is 32.2. The fraction of sp³-hybridized carbons (Fsp3) is 0.385. The van der Waals surface area contributed by atoms with Crippen molar-refractivity contribution in [3.8, 4) is 0 Å². The van der Waals surface area contributed by atoms with Crippen LogP contribution < -0.4 is 10.6 Å². The number of nitrogens with one attached hydrogen (secondary N) is 2. The van der Waals surface area contributed by atoms with Crippen molar-refractivity contribution in [1.82, 2.24) is 15.1 Å². The molecule has 124 valence electrons. The molecule has 2 aromatic rings. The summed E-state index contributed by atoms with van der Waals surface area (Å²) in [6, 6.07) is 3.30. The maximum atomic E-state index is 11.9. The monoisotopic (exact) mass is 371 g/mol. The summed E-state index contributed by atoms with van der Waals surface area (Å²) < 4.78 is 0.650. The molecule has 23 heavy (non-hydrogen) atoms. The first-order chi connectivity index (χ1) is 11.1. The summed E-state index contributed by atoms with van der Waals surface area (Å²) in [6.45, 7) is 5.29. The van der Waals surface area contributed by atoms with E-state index in [-0.39, 0.29) is 11.9 Å². The van der Waals surface area contributed by atoms with E-state index in [9.17, 15) is 9.59 Å². The number of aromatic nitrogens is 2. The van der Waals surface area contributed by atoms with Crippen molar-refractivity contribution >= 4 is 56.5 Å². The van der Waals surface area contributed by atoms with Gasteiger partial charge >= 0.3 is 6.03 Å². The number of urea groups is 1. The van der Waals surface area contributed by atoms with E-state index in [0.29, 0.717) is 28.3 Å². The standard InChI is InChI=1S/C13H17N5O2S3/c1-3-18(4-2)10(19)8-22-13-17-16-12(23-13)15-11(20)14-9-6-5-7-21-9/h5-7H,3-4,8H2,1-2H3,(H2,14,15,16,20). The second kappa shape index (κ2) is 8.85. The number of hydrogen-bond acceptors (Lipinski definition) is 7. The average Bonchev–Trinajstić information content (AvgIpc) is 3.18. The maximum absolute atomic E-state index is 11.9. The molecule has 0 atom stereocenters. The van der Waals surface area contributed by atoms with Crippen LogP contribution in [0.2, 0.25) is 0 Å². The minimum absolute atomic E-state index is 0.0696. The Morgan fingerprint density at radius 2 is 2.04 bits per heavy atom. The molecule has 0 aliphatic heterocycles. The molecule has 0 aromatic carbocycles. The highest BCUT2D eigenvalue weighted by Gasteiger charge is 2.13. The molecule has 0 saturated heterocycles. The van der Waals surface area contributed by atoms with E-state index in [4.69, 9.17) is 0 Å². The predicted molar refractivity (Wildman–Crippen MR) is 95.5 cm³/mol.